The van der Waals surface area contributed by atoms with Crippen LogP contribution in [0.3, 0.4) is 0 Å². The average Bonchev–Trinajstić information content (AvgIpc) is 2.68. The first-order chi connectivity index (χ1) is 15.3. The molecule has 176 valence electrons. The molecule has 2 aromatic rings. The van der Waals surface area contributed by atoms with Gasteiger partial charge in [-0.3, -0.25) is 4.79 Å². The van der Waals surface area contributed by atoms with Crippen molar-refractivity contribution < 1.29 is 34.7 Å². The highest BCUT2D eigenvalue weighted by atomic mass is 16.5. The predicted molar refractivity (Wildman–Crippen MR) is 126 cm³/mol. The van der Waals surface area contributed by atoms with Crippen molar-refractivity contribution in [2.75, 3.05) is 7.11 Å². The molecule has 7 heteroatoms. The summed E-state index contributed by atoms with van der Waals surface area (Å²) in [5.74, 6) is -0.219. The molecule has 3 rings (SSSR count). The number of phenols is 2. The van der Waals surface area contributed by atoms with Crippen LogP contribution in [0.2, 0.25) is 0 Å². The van der Waals surface area contributed by atoms with Gasteiger partial charge < -0.3 is 29.9 Å². The SMILES string of the molecule is COc1c(C=CC(C)(C)O)cc([C@H]2CC(=O)c3c(O)cc(O)cc3O2)cc1C=CC(C)(C)O. The maximum atomic E-state index is 12.8. The lowest BCUT2D eigenvalue weighted by Gasteiger charge is -2.27. The summed E-state index contributed by atoms with van der Waals surface area (Å²) in [6.45, 7) is 6.59. The molecular formula is C26H30O7. The number of ketones is 1. The van der Waals surface area contributed by atoms with E-state index < -0.39 is 17.3 Å². The van der Waals surface area contributed by atoms with Crippen molar-refractivity contribution in [1.29, 1.82) is 0 Å². The van der Waals surface area contributed by atoms with Gasteiger partial charge in [0.1, 0.15) is 34.7 Å². The molecule has 1 aliphatic rings. The normalized spacial score (nSPS) is 16.8. The zero-order valence-corrected chi connectivity index (χ0v) is 19.4. The molecule has 0 bridgehead atoms. The van der Waals surface area contributed by atoms with E-state index in [9.17, 15) is 25.2 Å². The maximum Gasteiger partial charge on any atom is 0.174 e. The van der Waals surface area contributed by atoms with E-state index in [1.54, 1.807) is 64.1 Å². The van der Waals surface area contributed by atoms with Crippen molar-refractivity contribution in [1.82, 2.24) is 0 Å². The van der Waals surface area contributed by atoms with E-state index in [-0.39, 0.29) is 35.0 Å². The third-order valence-electron chi connectivity index (χ3n) is 5.07. The fraction of sp³-hybridized carbons (Fsp3) is 0.346. The summed E-state index contributed by atoms with van der Waals surface area (Å²) in [5, 5.41) is 40.2. The molecule has 0 radical (unpaired) electrons. The quantitative estimate of drug-likeness (QED) is 0.512. The summed E-state index contributed by atoms with van der Waals surface area (Å²) in [6.07, 6.45) is 5.99. The lowest BCUT2D eigenvalue weighted by atomic mass is 9.92. The van der Waals surface area contributed by atoms with E-state index in [2.05, 4.69) is 0 Å². The van der Waals surface area contributed by atoms with Gasteiger partial charge in [-0.2, -0.15) is 0 Å². The smallest absolute Gasteiger partial charge is 0.174 e. The van der Waals surface area contributed by atoms with E-state index >= 15 is 0 Å². The second-order valence-corrected chi connectivity index (χ2v) is 9.28. The fourth-order valence-electron chi connectivity index (χ4n) is 3.57. The van der Waals surface area contributed by atoms with Gasteiger partial charge in [-0.1, -0.05) is 24.3 Å². The van der Waals surface area contributed by atoms with Crippen molar-refractivity contribution >= 4 is 17.9 Å². The Morgan fingerprint density at radius 2 is 1.52 bits per heavy atom. The molecule has 1 aliphatic heterocycles. The number of Topliss-reactive ketones (excluding diaryl/α,β-unsaturated/α-hetero) is 1. The molecule has 0 fully saturated rings. The molecule has 0 saturated carbocycles. The Hall–Kier alpha value is -3.29. The van der Waals surface area contributed by atoms with E-state index in [0.717, 1.165) is 6.07 Å². The number of carbonyl (C=O) groups is 1. The summed E-state index contributed by atoms with van der Waals surface area (Å²) in [4.78, 5) is 12.8. The van der Waals surface area contributed by atoms with Crippen molar-refractivity contribution in [3.8, 4) is 23.0 Å². The van der Waals surface area contributed by atoms with Crippen LogP contribution in [0.25, 0.3) is 12.2 Å². The van der Waals surface area contributed by atoms with Crippen LogP contribution < -0.4 is 9.47 Å². The van der Waals surface area contributed by atoms with Crippen LogP contribution in [-0.2, 0) is 0 Å². The Morgan fingerprint density at radius 3 is 2.00 bits per heavy atom. The Morgan fingerprint density at radius 1 is 0.970 bits per heavy atom. The molecule has 7 nitrogen and oxygen atoms in total. The van der Waals surface area contributed by atoms with Crippen molar-refractivity contribution in [3.05, 3.63) is 58.7 Å². The largest absolute Gasteiger partial charge is 0.508 e. The van der Waals surface area contributed by atoms with Crippen LogP contribution in [0.4, 0.5) is 0 Å². The number of carbonyl (C=O) groups excluding carboxylic acids is 1. The molecule has 1 heterocycles. The lowest BCUT2D eigenvalue weighted by Crippen LogP contribution is -2.21. The Bertz CT molecular complexity index is 1070. The monoisotopic (exact) mass is 454 g/mol. The van der Waals surface area contributed by atoms with Crippen LogP contribution in [0.1, 0.15) is 67.3 Å². The average molecular weight is 455 g/mol. The van der Waals surface area contributed by atoms with Crippen LogP contribution in [-0.4, -0.2) is 44.5 Å². The maximum absolute atomic E-state index is 12.8. The van der Waals surface area contributed by atoms with Gasteiger partial charge >= 0.3 is 0 Å². The summed E-state index contributed by atoms with van der Waals surface area (Å²) >= 11 is 0. The van der Waals surface area contributed by atoms with Crippen LogP contribution in [0.5, 0.6) is 23.0 Å². The molecule has 1 atom stereocenters. The number of phenolic OH excluding ortho intramolecular Hbond substituents is 2. The number of fused-ring (bicyclic) bond motifs is 1. The standard InChI is InChI=1S/C26H30O7/c1-25(2,30)8-6-15-10-17(11-16(24(15)32-5)7-9-26(3,4)31)21-14-20(29)23-19(28)12-18(27)13-22(23)33-21/h6-13,21,27-28,30-31H,14H2,1-5H3/t21-/m1/s1. The van der Waals surface area contributed by atoms with Gasteiger partial charge in [0.25, 0.3) is 0 Å². The van der Waals surface area contributed by atoms with Gasteiger partial charge in [-0.15, -0.1) is 0 Å². The second-order valence-electron chi connectivity index (χ2n) is 9.28. The van der Waals surface area contributed by atoms with Gasteiger partial charge in [0.05, 0.1) is 24.7 Å². The zero-order chi connectivity index (χ0) is 24.6. The molecule has 0 aromatic heterocycles. The number of rotatable bonds is 6. The predicted octanol–water partition coefficient (Wildman–Crippen LogP) is 4.38. The molecule has 0 aliphatic carbocycles. The molecule has 0 unspecified atom stereocenters. The molecular weight excluding hydrogens is 424 g/mol. The molecule has 33 heavy (non-hydrogen) atoms. The molecule has 0 spiro atoms. The number of aromatic hydroxyl groups is 2. The minimum atomic E-state index is -1.06. The summed E-state index contributed by atoms with van der Waals surface area (Å²) < 4.78 is 11.6. The summed E-state index contributed by atoms with van der Waals surface area (Å²) in [7, 11) is 1.53. The van der Waals surface area contributed by atoms with Crippen molar-refractivity contribution in [2.24, 2.45) is 0 Å². The first-order valence-corrected chi connectivity index (χ1v) is 10.6. The van der Waals surface area contributed by atoms with Crippen molar-refractivity contribution in [2.45, 2.75) is 51.4 Å². The summed E-state index contributed by atoms with van der Waals surface area (Å²) in [6, 6.07) is 6.00. The minimum absolute atomic E-state index is 0.0129. The van der Waals surface area contributed by atoms with Gasteiger partial charge in [0.15, 0.2) is 5.78 Å². The van der Waals surface area contributed by atoms with Gasteiger partial charge in [-0.25, -0.2) is 0 Å². The van der Waals surface area contributed by atoms with Gasteiger partial charge in [0.2, 0.25) is 0 Å². The first kappa shape index (κ1) is 24.4. The van der Waals surface area contributed by atoms with Crippen LogP contribution >= 0.6 is 0 Å². The molecule has 0 amide bonds. The van der Waals surface area contributed by atoms with Gasteiger partial charge in [0, 0.05) is 23.3 Å². The van der Waals surface area contributed by atoms with E-state index in [0.29, 0.717) is 22.4 Å². The van der Waals surface area contributed by atoms with E-state index in [4.69, 9.17) is 9.47 Å². The highest BCUT2D eigenvalue weighted by Crippen LogP contribution is 2.43. The molecule has 0 saturated heterocycles. The third-order valence-corrected chi connectivity index (χ3v) is 5.07. The number of aliphatic hydroxyl groups is 2. The fourth-order valence-corrected chi connectivity index (χ4v) is 3.57. The van der Waals surface area contributed by atoms with E-state index in [1.165, 1.54) is 13.2 Å². The lowest BCUT2D eigenvalue weighted by molar-refractivity contribution is 0.0844. The second kappa shape index (κ2) is 8.92. The summed E-state index contributed by atoms with van der Waals surface area (Å²) in [5.41, 5.74) is -0.128. The number of ether oxygens (including phenoxy) is 2. The Kier molecular flexibility index (Phi) is 6.58. The van der Waals surface area contributed by atoms with Crippen LogP contribution in [0, 0.1) is 0 Å². The molecule has 4 N–H and O–H groups in total. The topological polar surface area (TPSA) is 116 Å². The van der Waals surface area contributed by atoms with Crippen LogP contribution in [0.15, 0.2) is 36.4 Å². The van der Waals surface area contributed by atoms with E-state index in [1.807, 2.05) is 0 Å². The highest BCUT2D eigenvalue weighted by Gasteiger charge is 2.31. The number of benzene rings is 2. The minimum Gasteiger partial charge on any atom is -0.508 e. The van der Waals surface area contributed by atoms with Crippen molar-refractivity contribution in [3.63, 3.8) is 0 Å². The Balaban J connectivity index is 2.13. The number of methoxy groups -OCH3 is 1. The van der Waals surface area contributed by atoms with Gasteiger partial charge in [-0.05, 0) is 45.4 Å². The first-order valence-electron chi connectivity index (χ1n) is 10.6. The zero-order valence-electron chi connectivity index (χ0n) is 19.4. The number of hydrogen-bond acceptors (Lipinski definition) is 7. The molecule has 2 aromatic carbocycles. The number of hydrogen-bond donors (Lipinski definition) is 4. The third kappa shape index (κ3) is 5.94. The highest BCUT2D eigenvalue weighted by molar-refractivity contribution is 6.02. The Labute approximate surface area is 193 Å².